The Kier molecular flexibility index (Phi) is 7.48. The minimum atomic E-state index is -0.531. The average molecular weight is 626 g/mol. The van der Waals surface area contributed by atoms with Crippen LogP contribution in [0.15, 0.2) is 70.4 Å². The lowest BCUT2D eigenvalue weighted by Gasteiger charge is -2.34. The maximum atomic E-state index is 13.4. The van der Waals surface area contributed by atoms with Gasteiger partial charge in [-0.25, -0.2) is 9.59 Å². The maximum Gasteiger partial charge on any atom is 0.410 e. The van der Waals surface area contributed by atoms with Crippen LogP contribution in [0.5, 0.6) is 5.75 Å². The molecule has 1 aliphatic carbocycles. The summed E-state index contributed by atoms with van der Waals surface area (Å²) >= 11 is 0. The van der Waals surface area contributed by atoms with Crippen LogP contribution in [-0.4, -0.2) is 63.0 Å². The molecule has 2 aromatic carbocycles. The van der Waals surface area contributed by atoms with E-state index in [9.17, 15) is 14.4 Å². The number of carbonyl (C=O) groups excluding carboxylic acids is 1. The number of aromatic amines is 1. The molecule has 10 nitrogen and oxygen atoms in total. The summed E-state index contributed by atoms with van der Waals surface area (Å²) in [5.74, 6) is 0.926. The largest absolute Gasteiger partial charge is 0.497 e. The van der Waals surface area contributed by atoms with E-state index in [0.29, 0.717) is 13.1 Å². The third-order valence-electron chi connectivity index (χ3n) is 9.97. The number of likely N-dealkylation sites (tertiary alicyclic amines) is 1. The van der Waals surface area contributed by atoms with Crippen molar-refractivity contribution in [1.29, 1.82) is 0 Å². The third kappa shape index (κ3) is 5.81. The summed E-state index contributed by atoms with van der Waals surface area (Å²) in [6.45, 7) is 8.37. The summed E-state index contributed by atoms with van der Waals surface area (Å²) in [4.78, 5) is 46.4. The van der Waals surface area contributed by atoms with Crippen LogP contribution in [0.2, 0.25) is 0 Å². The predicted octanol–water partition coefficient (Wildman–Crippen LogP) is 5.65. The number of nitrogens with one attached hydrogen (secondary N) is 1. The Morgan fingerprint density at radius 3 is 2.39 bits per heavy atom. The second kappa shape index (κ2) is 11.4. The summed E-state index contributed by atoms with van der Waals surface area (Å²) in [5.41, 5.74) is 4.03. The standard InChI is InChI=1S/C36H43N5O5/c1-35(2,3)46-34(44)41-23-26(21-36(41)14-15-36)25-11-18-39(32(42)19-25)27-12-16-38(17-13-27)28-7-10-30-31(20-28)40(33(43)37-30)22-24-5-8-29(45-4)9-6-24/h5-11,18-20,26-27H,12-17,21-23H2,1-4H3,(H,37,43)/t26-/m0/s1. The molecule has 2 aromatic heterocycles. The van der Waals surface area contributed by atoms with Gasteiger partial charge in [0.05, 0.1) is 24.7 Å². The monoisotopic (exact) mass is 625 g/mol. The van der Waals surface area contributed by atoms with Gasteiger partial charge in [-0.15, -0.1) is 0 Å². The minimum Gasteiger partial charge on any atom is -0.497 e. The molecule has 0 radical (unpaired) electrons. The number of benzene rings is 2. The average Bonchev–Trinajstić information content (AvgIpc) is 3.60. The van der Waals surface area contributed by atoms with Crippen LogP contribution in [0, 0.1) is 0 Å². The molecule has 3 fully saturated rings. The number of rotatable bonds is 6. The molecule has 0 unspecified atom stereocenters. The molecule has 242 valence electrons. The molecule has 7 rings (SSSR count). The molecule has 1 saturated carbocycles. The number of pyridine rings is 1. The molecule has 1 N–H and O–H groups in total. The van der Waals surface area contributed by atoms with Gasteiger partial charge in [0.25, 0.3) is 5.56 Å². The predicted molar refractivity (Wildman–Crippen MR) is 178 cm³/mol. The Balaban J connectivity index is 1.02. The topological polar surface area (TPSA) is 102 Å². The first kappa shape index (κ1) is 30.2. The maximum absolute atomic E-state index is 13.4. The van der Waals surface area contributed by atoms with E-state index >= 15 is 0 Å². The fourth-order valence-electron chi connectivity index (χ4n) is 7.35. The van der Waals surface area contributed by atoms with Crippen LogP contribution in [0.4, 0.5) is 10.5 Å². The van der Waals surface area contributed by atoms with Gasteiger partial charge in [-0.1, -0.05) is 12.1 Å². The SMILES string of the molecule is COc1ccc(Cn2c(=O)[nH]c3ccc(N4CCC(n5ccc([C@@H]6CN(C(=O)OC(C)(C)C)C7(CC7)C6)cc5=O)CC4)cc32)cc1. The molecule has 2 saturated heterocycles. The number of fused-ring (bicyclic) bond motifs is 1. The first-order chi connectivity index (χ1) is 22.0. The Hall–Kier alpha value is -4.47. The van der Waals surface area contributed by atoms with E-state index in [-0.39, 0.29) is 34.8 Å². The van der Waals surface area contributed by atoms with Crippen LogP contribution in [0.1, 0.15) is 76.0 Å². The number of piperidine rings is 1. The highest BCUT2D eigenvalue weighted by Crippen LogP contribution is 2.54. The second-order valence-electron chi connectivity index (χ2n) is 14.2. The number of aromatic nitrogens is 3. The van der Waals surface area contributed by atoms with Crippen molar-refractivity contribution in [3.05, 3.63) is 92.8 Å². The van der Waals surface area contributed by atoms with Gasteiger partial charge in [0.1, 0.15) is 11.4 Å². The van der Waals surface area contributed by atoms with Crippen LogP contribution in [0.3, 0.4) is 0 Å². The second-order valence-corrected chi connectivity index (χ2v) is 14.2. The number of H-pyrrole nitrogens is 1. The Bertz CT molecular complexity index is 1870. The zero-order valence-corrected chi connectivity index (χ0v) is 27.1. The highest BCUT2D eigenvalue weighted by molar-refractivity contribution is 5.80. The van der Waals surface area contributed by atoms with Crippen molar-refractivity contribution >= 4 is 22.8 Å². The molecule has 1 atom stereocenters. The fourth-order valence-corrected chi connectivity index (χ4v) is 7.35. The number of ether oxygens (including phenoxy) is 2. The highest BCUT2D eigenvalue weighted by Gasteiger charge is 2.57. The molecule has 1 spiro atoms. The Morgan fingerprint density at radius 2 is 1.74 bits per heavy atom. The zero-order valence-electron chi connectivity index (χ0n) is 27.1. The fraction of sp³-hybridized carbons (Fsp3) is 0.472. The number of hydrogen-bond donors (Lipinski definition) is 1. The summed E-state index contributed by atoms with van der Waals surface area (Å²) in [6, 6.07) is 17.9. The van der Waals surface area contributed by atoms with E-state index in [1.165, 1.54) is 0 Å². The van der Waals surface area contributed by atoms with Gasteiger partial charge in [0.2, 0.25) is 0 Å². The normalized spacial score (nSPS) is 19.6. The smallest absolute Gasteiger partial charge is 0.410 e. The molecule has 10 heteroatoms. The lowest BCUT2D eigenvalue weighted by Crippen LogP contribution is -2.41. The van der Waals surface area contributed by atoms with Crippen LogP contribution >= 0.6 is 0 Å². The lowest BCUT2D eigenvalue weighted by molar-refractivity contribution is 0.0202. The molecule has 4 heterocycles. The van der Waals surface area contributed by atoms with E-state index in [4.69, 9.17) is 9.47 Å². The van der Waals surface area contributed by atoms with Gasteiger partial charge < -0.3 is 28.8 Å². The van der Waals surface area contributed by atoms with Crippen molar-refractivity contribution < 1.29 is 14.3 Å². The number of amides is 1. The van der Waals surface area contributed by atoms with Gasteiger partial charge >= 0.3 is 11.8 Å². The van der Waals surface area contributed by atoms with Gasteiger partial charge in [0, 0.05) is 55.1 Å². The van der Waals surface area contributed by atoms with Crippen molar-refractivity contribution in [2.75, 3.05) is 31.6 Å². The molecule has 1 amide bonds. The van der Waals surface area contributed by atoms with Crippen molar-refractivity contribution in [3.8, 4) is 5.75 Å². The van der Waals surface area contributed by atoms with Crippen molar-refractivity contribution in [2.24, 2.45) is 0 Å². The number of nitrogens with zero attached hydrogens (tertiary/aromatic N) is 4. The highest BCUT2D eigenvalue weighted by atomic mass is 16.6. The van der Waals surface area contributed by atoms with Crippen molar-refractivity contribution in [3.63, 3.8) is 0 Å². The third-order valence-corrected chi connectivity index (χ3v) is 9.97. The summed E-state index contributed by atoms with van der Waals surface area (Å²) in [5, 5.41) is 0. The summed E-state index contributed by atoms with van der Waals surface area (Å²) in [7, 11) is 1.64. The summed E-state index contributed by atoms with van der Waals surface area (Å²) in [6.07, 6.45) is 6.28. The van der Waals surface area contributed by atoms with E-state index < -0.39 is 5.60 Å². The van der Waals surface area contributed by atoms with Gasteiger partial charge in [-0.3, -0.25) is 9.36 Å². The van der Waals surface area contributed by atoms with Crippen molar-refractivity contribution in [2.45, 2.75) is 82.5 Å². The molecular weight excluding hydrogens is 582 g/mol. The van der Waals surface area contributed by atoms with E-state index in [1.54, 1.807) is 17.7 Å². The van der Waals surface area contributed by atoms with Gasteiger partial charge in [0.15, 0.2) is 0 Å². The van der Waals surface area contributed by atoms with Crippen molar-refractivity contribution in [1.82, 2.24) is 19.0 Å². The molecule has 3 aliphatic rings. The Morgan fingerprint density at radius 1 is 1.00 bits per heavy atom. The van der Waals surface area contributed by atoms with E-state index in [2.05, 4.69) is 28.1 Å². The quantitative estimate of drug-likeness (QED) is 0.297. The molecule has 0 bridgehead atoms. The number of carbonyl (C=O) groups is 1. The Labute approximate surface area is 268 Å². The minimum absolute atomic E-state index is 0.0211. The van der Waals surface area contributed by atoms with Crippen LogP contribution in [-0.2, 0) is 11.3 Å². The first-order valence-corrected chi connectivity index (χ1v) is 16.4. The molecule has 2 aliphatic heterocycles. The number of hydrogen-bond acceptors (Lipinski definition) is 6. The van der Waals surface area contributed by atoms with Gasteiger partial charge in [-0.2, -0.15) is 0 Å². The lowest BCUT2D eigenvalue weighted by atomic mass is 9.96. The van der Waals surface area contributed by atoms with Gasteiger partial charge in [-0.05, 0) is 100 Å². The molecule has 4 aromatic rings. The van der Waals surface area contributed by atoms with E-state index in [0.717, 1.165) is 78.8 Å². The number of anilines is 1. The van der Waals surface area contributed by atoms with Crippen LogP contribution < -0.4 is 20.9 Å². The first-order valence-electron chi connectivity index (χ1n) is 16.4. The van der Waals surface area contributed by atoms with E-state index in [1.807, 2.05) is 66.8 Å². The molecule has 46 heavy (non-hydrogen) atoms. The number of imidazole rings is 1. The zero-order chi connectivity index (χ0) is 32.2. The summed E-state index contributed by atoms with van der Waals surface area (Å²) < 4.78 is 14.6. The molecular formula is C36H43N5O5. The van der Waals surface area contributed by atoms with Crippen LogP contribution in [0.25, 0.3) is 11.0 Å². The number of methoxy groups -OCH3 is 1.